The zero-order valence-corrected chi connectivity index (χ0v) is 17.0. The Hall–Kier alpha value is -1.90. The Kier molecular flexibility index (Phi) is 6.97. The predicted molar refractivity (Wildman–Crippen MR) is 105 cm³/mol. The molecule has 0 aromatic heterocycles. The van der Waals surface area contributed by atoms with E-state index in [-0.39, 0.29) is 5.97 Å². The molecule has 1 aliphatic carbocycles. The summed E-state index contributed by atoms with van der Waals surface area (Å²) in [5, 5.41) is 21.2. The number of amides is 1. The van der Waals surface area contributed by atoms with E-state index in [1.54, 1.807) is 12.3 Å². The number of rotatable bonds is 11. The van der Waals surface area contributed by atoms with E-state index < -0.39 is 36.0 Å². The van der Waals surface area contributed by atoms with E-state index in [0.717, 1.165) is 19.3 Å². The molecule has 162 valence electrons. The first-order chi connectivity index (χ1) is 13.9. The molecule has 0 bridgehead atoms. The minimum Gasteiger partial charge on any atom is -0.456 e. The number of hydrogen-bond acceptors (Lipinski definition) is 7. The van der Waals surface area contributed by atoms with Crippen molar-refractivity contribution < 1.29 is 29.3 Å². The lowest BCUT2D eigenvalue weighted by atomic mass is 10.1. The molecule has 1 saturated heterocycles. The number of aliphatic hydroxyl groups is 2. The van der Waals surface area contributed by atoms with E-state index in [1.165, 1.54) is 36.8 Å². The molecule has 8 nitrogen and oxygen atoms in total. The maximum atomic E-state index is 12.1. The molecule has 1 amide bonds. The number of unbranched alkanes of at least 4 members (excludes halogenated alkanes) is 6. The van der Waals surface area contributed by atoms with Crippen LogP contribution in [-0.2, 0) is 19.1 Å². The van der Waals surface area contributed by atoms with Crippen molar-refractivity contribution in [1.29, 1.82) is 0 Å². The summed E-state index contributed by atoms with van der Waals surface area (Å²) in [7, 11) is 0. The van der Waals surface area contributed by atoms with Gasteiger partial charge in [-0.2, -0.15) is 0 Å². The van der Waals surface area contributed by atoms with E-state index in [2.05, 4.69) is 6.92 Å². The highest BCUT2D eigenvalue weighted by atomic mass is 16.6. The van der Waals surface area contributed by atoms with Gasteiger partial charge in [-0.05, 0) is 12.8 Å². The summed E-state index contributed by atoms with van der Waals surface area (Å²) in [6.45, 7) is 2.18. The fourth-order valence-corrected chi connectivity index (χ4v) is 4.02. The molecule has 8 heteroatoms. The monoisotopic (exact) mass is 408 g/mol. The lowest BCUT2D eigenvalue weighted by molar-refractivity contribution is -0.158. The molecule has 2 fully saturated rings. The highest BCUT2D eigenvalue weighted by Gasteiger charge is 2.79. The van der Waals surface area contributed by atoms with Gasteiger partial charge in [-0.25, -0.2) is 0 Å². The Morgan fingerprint density at radius 1 is 1.28 bits per heavy atom. The number of hydrogen-bond donors (Lipinski definition) is 3. The Labute approximate surface area is 171 Å². The molecule has 2 aliphatic heterocycles. The van der Waals surface area contributed by atoms with Crippen molar-refractivity contribution in [3.63, 3.8) is 0 Å². The van der Waals surface area contributed by atoms with Crippen LogP contribution in [0.3, 0.4) is 0 Å². The molecule has 1 saturated carbocycles. The molecular formula is C21H32N2O6. The number of nitrogens with zero attached hydrogens (tertiary/aromatic N) is 1. The van der Waals surface area contributed by atoms with Crippen molar-refractivity contribution in [2.24, 2.45) is 5.73 Å². The second kappa shape index (κ2) is 9.28. The second-order valence-electron chi connectivity index (χ2n) is 8.12. The van der Waals surface area contributed by atoms with E-state index in [4.69, 9.17) is 15.2 Å². The number of carbonyl (C=O) groups excluding carboxylic acids is 2. The molecule has 3 rings (SSSR count). The molecule has 0 spiro atoms. The molecule has 0 aromatic carbocycles. The van der Waals surface area contributed by atoms with E-state index in [1.807, 2.05) is 0 Å². The molecule has 2 heterocycles. The molecule has 3 aliphatic rings. The Bertz CT molecular complexity index is 678. The van der Waals surface area contributed by atoms with Crippen LogP contribution in [0.4, 0.5) is 0 Å². The highest BCUT2D eigenvalue weighted by molar-refractivity contribution is 5.92. The normalized spacial score (nSPS) is 32.7. The first-order valence-electron chi connectivity index (χ1n) is 10.6. The van der Waals surface area contributed by atoms with Gasteiger partial charge in [-0.1, -0.05) is 51.5 Å². The molecular weight excluding hydrogens is 376 g/mol. The summed E-state index contributed by atoms with van der Waals surface area (Å²) in [6.07, 6.45) is 9.54. The quantitative estimate of drug-likeness (QED) is 0.349. The number of ether oxygens (including phenoxy) is 2. The fraction of sp³-hybridized carbons (Fsp3) is 0.714. The minimum absolute atomic E-state index is 0.298. The van der Waals surface area contributed by atoms with Crippen LogP contribution in [0.25, 0.3) is 0 Å². The van der Waals surface area contributed by atoms with Crippen LogP contribution in [0.1, 0.15) is 64.7 Å². The van der Waals surface area contributed by atoms with E-state index in [0.29, 0.717) is 18.4 Å². The summed E-state index contributed by atoms with van der Waals surface area (Å²) in [4.78, 5) is 24.9. The maximum Gasteiger partial charge on any atom is 0.306 e. The Balaban J connectivity index is 1.42. The summed E-state index contributed by atoms with van der Waals surface area (Å²) in [5.41, 5.74) is 4.07. The van der Waals surface area contributed by atoms with Gasteiger partial charge in [0.25, 0.3) is 0 Å². The van der Waals surface area contributed by atoms with Crippen molar-refractivity contribution in [3.8, 4) is 0 Å². The van der Waals surface area contributed by atoms with Crippen molar-refractivity contribution in [1.82, 2.24) is 4.90 Å². The van der Waals surface area contributed by atoms with Crippen LogP contribution < -0.4 is 5.73 Å². The second-order valence-corrected chi connectivity index (χ2v) is 8.12. The molecule has 5 atom stereocenters. The summed E-state index contributed by atoms with van der Waals surface area (Å²) in [6, 6.07) is 0. The summed E-state index contributed by atoms with van der Waals surface area (Å²) >= 11 is 0. The smallest absolute Gasteiger partial charge is 0.306 e. The molecule has 0 radical (unpaired) electrons. The lowest BCUT2D eigenvalue weighted by Gasteiger charge is -2.31. The Morgan fingerprint density at radius 3 is 2.59 bits per heavy atom. The van der Waals surface area contributed by atoms with Gasteiger partial charge in [0.05, 0.1) is 0 Å². The molecule has 4 N–H and O–H groups in total. The Morgan fingerprint density at radius 2 is 1.97 bits per heavy atom. The van der Waals surface area contributed by atoms with Gasteiger partial charge in [0, 0.05) is 24.4 Å². The van der Waals surface area contributed by atoms with Gasteiger partial charge in [0.15, 0.2) is 17.9 Å². The van der Waals surface area contributed by atoms with E-state index in [9.17, 15) is 19.8 Å². The third kappa shape index (κ3) is 4.65. The first-order valence-corrected chi connectivity index (χ1v) is 10.6. The maximum absolute atomic E-state index is 12.1. The fourth-order valence-electron chi connectivity index (χ4n) is 4.02. The number of primary amides is 1. The largest absolute Gasteiger partial charge is 0.456 e. The molecule has 0 aromatic rings. The van der Waals surface area contributed by atoms with Crippen LogP contribution in [0.5, 0.6) is 0 Å². The zero-order chi connectivity index (χ0) is 21.0. The number of nitrogens with two attached hydrogens (primary N) is 1. The van der Waals surface area contributed by atoms with E-state index >= 15 is 0 Å². The number of fused-ring (bicyclic) bond motifs is 1. The van der Waals surface area contributed by atoms with Crippen LogP contribution in [0, 0.1) is 0 Å². The molecule has 29 heavy (non-hydrogen) atoms. The van der Waals surface area contributed by atoms with Gasteiger partial charge >= 0.3 is 5.97 Å². The van der Waals surface area contributed by atoms with Crippen molar-refractivity contribution in [3.05, 3.63) is 24.0 Å². The van der Waals surface area contributed by atoms with Crippen LogP contribution in [-0.4, -0.2) is 57.1 Å². The van der Waals surface area contributed by atoms with Gasteiger partial charge in [0.2, 0.25) is 5.91 Å². The van der Waals surface area contributed by atoms with Gasteiger partial charge in [-0.15, -0.1) is 0 Å². The summed E-state index contributed by atoms with van der Waals surface area (Å²) < 4.78 is 11.1. The van der Waals surface area contributed by atoms with Gasteiger partial charge in [-0.3, -0.25) is 9.59 Å². The molecule has 4 unspecified atom stereocenters. The van der Waals surface area contributed by atoms with Crippen LogP contribution in [0.2, 0.25) is 0 Å². The number of allylic oxidation sites excluding steroid dienone is 1. The lowest BCUT2D eigenvalue weighted by Crippen LogP contribution is -2.46. The van der Waals surface area contributed by atoms with Crippen molar-refractivity contribution in [2.75, 3.05) is 0 Å². The van der Waals surface area contributed by atoms with Crippen LogP contribution >= 0.6 is 0 Å². The first kappa shape index (κ1) is 21.8. The SMILES string of the molecule is CCCCCCCCCC(=O)OC1C2OC(N3C=CCC(C(N)=O)=C3)[C@H](O)C12O. The predicted octanol–water partition coefficient (Wildman–Crippen LogP) is 1.46. The van der Waals surface area contributed by atoms with Gasteiger partial charge < -0.3 is 30.3 Å². The average Bonchev–Trinajstić information content (AvgIpc) is 3.15. The topological polar surface area (TPSA) is 122 Å². The number of esters is 1. The highest BCUT2D eigenvalue weighted by Crippen LogP contribution is 2.53. The van der Waals surface area contributed by atoms with Crippen molar-refractivity contribution in [2.45, 2.75) is 94.9 Å². The third-order valence-corrected chi connectivity index (χ3v) is 5.88. The third-order valence-electron chi connectivity index (χ3n) is 5.88. The van der Waals surface area contributed by atoms with Gasteiger partial charge in [0.1, 0.15) is 12.2 Å². The average molecular weight is 408 g/mol. The number of carbonyl (C=O) groups is 2. The van der Waals surface area contributed by atoms with Crippen LogP contribution in [0.15, 0.2) is 24.0 Å². The minimum atomic E-state index is -1.62. The summed E-state index contributed by atoms with van der Waals surface area (Å²) in [5.74, 6) is -0.930. The number of aliphatic hydroxyl groups excluding tert-OH is 1. The standard InChI is InChI=1S/C21H32N2O6/c1-2-3-4-5-6-7-8-11-15(24)28-17-18-21(17,27)16(25)20(29-18)23-12-9-10-14(13-23)19(22)26/h9,12-13,16-18,20,25,27H,2-8,10-11H2,1H3,(H2,22,26)/t16-,17?,18?,20?,21?/m0/s1. The van der Waals surface area contributed by atoms with Crippen molar-refractivity contribution >= 4 is 11.9 Å². The zero-order valence-electron chi connectivity index (χ0n) is 17.0.